The number of carboxylic acids is 1. The van der Waals surface area contributed by atoms with E-state index in [2.05, 4.69) is 9.97 Å². The Morgan fingerprint density at radius 3 is 2.43 bits per heavy atom. The molecule has 4 rings (SSSR count). The van der Waals surface area contributed by atoms with Crippen molar-refractivity contribution in [3.8, 4) is 11.5 Å². The first-order valence-corrected chi connectivity index (χ1v) is 15.6. The molecule has 1 atom stereocenters. The zero-order chi connectivity index (χ0) is 31.7. The van der Waals surface area contributed by atoms with Crippen LogP contribution in [0.25, 0.3) is 11.0 Å². The number of carbonyl (C=O) groups is 1. The first-order chi connectivity index (χ1) is 20.1. The summed E-state index contributed by atoms with van der Waals surface area (Å²) in [5, 5.41) is 10.6. The second-order valence-corrected chi connectivity index (χ2v) is 13.0. The summed E-state index contributed by atoms with van der Waals surface area (Å²) in [6, 6.07) is 10.4. The van der Waals surface area contributed by atoms with E-state index in [4.69, 9.17) is 9.47 Å². The molecule has 0 bridgehead atoms. The summed E-state index contributed by atoms with van der Waals surface area (Å²) in [4.78, 5) is 19.3. The van der Waals surface area contributed by atoms with Gasteiger partial charge in [0.2, 0.25) is 5.16 Å². The summed E-state index contributed by atoms with van der Waals surface area (Å²) in [5.41, 5.74) is 1.34. The Labute approximate surface area is 276 Å². The number of halogens is 3. The van der Waals surface area contributed by atoms with E-state index in [0.29, 0.717) is 5.56 Å². The molecule has 0 aliphatic rings. The molecule has 2 aromatic heterocycles. The number of hydrogen-bond donors (Lipinski definition) is 0. The van der Waals surface area contributed by atoms with Gasteiger partial charge >= 0.3 is 35.7 Å². The summed E-state index contributed by atoms with van der Waals surface area (Å²) >= 11 is 0. The van der Waals surface area contributed by atoms with Crippen LogP contribution in [0, 0.1) is 13.8 Å². The molecular weight excluding hydrogens is 634 g/mol. The molecular formula is C28H27F3N3NaO7S2. The van der Waals surface area contributed by atoms with Gasteiger partial charge in [0.05, 0.1) is 44.1 Å². The van der Waals surface area contributed by atoms with Crippen LogP contribution in [-0.2, 0) is 31.4 Å². The Balaban J connectivity index is 0.00000529. The van der Waals surface area contributed by atoms with E-state index in [1.54, 1.807) is 32.0 Å². The second kappa shape index (κ2) is 14.0. The number of carboxylic acid groups (broad SMARTS) is 1. The summed E-state index contributed by atoms with van der Waals surface area (Å²) in [6.45, 7) is 4.25. The van der Waals surface area contributed by atoms with Gasteiger partial charge in [-0.2, -0.15) is 13.2 Å². The molecule has 44 heavy (non-hydrogen) atoms. The minimum Gasteiger partial charge on any atom is -0.546 e. The summed E-state index contributed by atoms with van der Waals surface area (Å²) in [5.74, 6) is -2.12. The van der Waals surface area contributed by atoms with Crippen LogP contribution in [-0.4, -0.2) is 51.9 Å². The van der Waals surface area contributed by atoms with Gasteiger partial charge in [0, 0.05) is 11.8 Å². The van der Waals surface area contributed by atoms with Crippen molar-refractivity contribution in [3.05, 3.63) is 71.0 Å². The van der Waals surface area contributed by atoms with Gasteiger partial charge in [0.1, 0.15) is 18.1 Å². The average molecular weight is 662 g/mol. The van der Waals surface area contributed by atoms with E-state index >= 15 is 0 Å². The smallest absolute Gasteiger partial charge is 0.546 e. The molecule has 16 heteroatoms. The molecule has 10 nitrogen and oxygen atoms in total. The normalized spacial score (nSPS) is 12.6. The molecule has 0 saturated heterocycles. The van der Waals surface area contributed by atoms with Crippen molar-refractivity contribution in [2.75, 3.05) is 13.2 Å². The van der Waals surface area contributed by atoms with Crippen LogP contribution in [0.2, 0.25) is 0 Å². The number of para-hydroxylation sites is 2. The quantitative estimate of drug-likeness (QED) is 0.214. The van der Waals surface area contributed by atoms with Gasteiger partial charge in [-0.05, 0) is 61.2 Å². The van der Waals surface area contributed by atoms with E-state index in [1.165, 1.54) is 44.3 Å². The number of alkyl halides is 3. The Morgan fingerprint density at radius 2 is 1.80 bits per heavy atom. The first kappa shape index (κ1) is 35.5. The number of carbonyl (C=O) groups excluding carboxylic acids is 1. The van der Waals surface area contributed by atoms with Gasteiger partial charge in [-0.3, -0.25) is 9.19 Å². The number of benzene rings is 2. The van der Waals surface area contributed by atoms with Crippen molar-refractivity contribution in [2.45, 2.75) is 55.6 Å². The number of pyridine rings is 1. The van der Waals surface area contributed by atoms with E-state index < -0.39 is 46.2 Å². The number of hydrogen-bond acceptors (Lipinski definition) is 9. The Kier molecular flexibility index (Phi) is 11.3. The van der Waals surface area contributed by atoms with Crippen molar-refractivity contribution in [3.63, 3.8) is 0 Å². The Bertz CT molecular complexity index is 1830. The van der Waals surface area contributed by atoms with Gasteiger partial charge in [-0.1, -0.05) is 26.0 Å². The maximum atomic E-state index is 14.4. The van der Waals surface area contributed by atoms with Gasteiger partial charge < -0.3 is 19.4 Å². The van der Waals surface area contributed by atoms with Crippen LogP contribution >= 0.6 is 0 Å². The van der Waals surface area contributed by atoms with Crippen LogP contribution < -0.4 is 44.1 Å². The predicted octanol–water partition coefficient (Wildman–Crippen LogP) is 0.790. The van der Waals surface area contributed by atoms with Crippen molar-refractivity contribution in [2.24, 2.45) is 0 Å². The number of ether oxygens (including phenoxy) is 2. The number of aliphatic carboxylic acids is 1. The number of imidazole rings is 1. The summed E-state index contributed by atoms with van der Waals surface area (Å²) in [6.07, 6.45) is -3.35. The number of aromatic nitrogens is 3. The molecule has 0 amide bonds. The zero-order valence-electron chi connectivity index (χ0n) is 24.5. The van der Waals surface area contributed by atoms with Crippen LogP contribution in [0.5, 0.6) is 11.5 Å². The molecule has 0 fully saturated rings. The van der Waals surface area contributed by atoms with Crippen LogP contribution in [0.4, 0.5) is 13.2 Å². The van der Waals surface area contributed by atoms with Gasteiger partial charge in [-0.25, -0.2) is 17.4 Å². The van der Waals surface area contributed by atoms with Gasteiger partial charge in [0.15, 0.2) is 6.61 Å². The third-order valence-electron chi connectivity index (χ3n) is 6.37. The standard InChI is InChI=1S/C28H28F3N3O7S2.Na/c1-16(2)20-12-19(40-13-25(35)36)11-17(3)26(20)43(38,39)34-23-8-6-5-7-21(23)33-27(34)42(37)14-22-18(4)24(9-10-32-22)41-15-28(29,30)31;/h5-12,16H,13-15H2,1-4H3,(H,35,36);/q;+1/p-1. The fraction of sp³-hybridized carbons (Fsp3) is 0.321. The molecule has 0 spiro atoms. The largest absolute Gasteiger partial charge is 1.00 e. The number of rotatable bonds is 11. The zero-order valence-corrected chi connectivity index (χ0v) is 28.1. The first-order valence-electron chi connectivity index (χ1n) is 12.8. The molecule has 4 aromatic rings. The minimum absolute atomic E-state index is 0. The molecule has 0 aliphatic carbocycles. The Morgan fingerprint density at radius 1 is 1.11 bits per heavy atom. The molecule has 0 radical (unpaired) electrons. The molecule has 0 N–H and O–H groups in total. The van der Waals surface area contributed by atoms with E-state index in [1.807, 2.05) is 0 Å². The topological polar surface area (TPSA) is 141 Å². The average Bonchev–Trinajstić information content (AvgIpc) is 3.32. The Hall–Kier alpha value is -2.98. The minimum atomic E-state index is -4.57. The second-order valence-electron chi connectivity index (χ2n) is 9.90. The number of aryl methyl sites for hydroxylation is 1. The molecule has 1 unspecified atom stereocenters. The van der Waals surface area contributed by atoms with Crippen molar-refractivity contribution >= 4 is 37.8 Å². The van der Waals surface area contributed by atoms with E-state index in [0.717, 1.165) is 3.97 Å². The van der Waals surface area contributed by atoms with E-state index in [-0.39, 0.29) is 90.6 Å². The fourth-order valence-electron chi connectivity index (χ4n) is 4.43. The molecule has 230 valence electrons. The molecule has 0 saturated carbocycles. The maximum Gasteiger partial charge on any atom is 1.00 e. The van der Waals surface area contributed by atoms with Crippen LogP contribution in [0.1, 0.15) is 42.1 Å². The fourth-order valence-corrected chi connectivity index (χ4v) is 8.03. The third-order valence-corrected chi connectivity index (χ3v) is 9.62. The predicted molar refractivity (Wildman–Crippen MR) is 149 cm³/mol. The summed E-state index contributed by atoms with van der Waals surface area (Å²) in [7, 11) is -6.62. The van der Waals surface area contributed by atoms with Crippen LogP contribution in [0.3, 0.4) is 0 Å². The van der Waals surface area contributed by atoms with Gasteiger partial charge in [-0.15, -0.1) is 0 Å². The summed E-state index contributed by atoms with van der Waals surface area (Å²) < 4.78 is 91.8. The van der Waals surface area contributed by atoms with Crippen molar-refractivity contribution < 1.29 is 74.7 Å². The number of fused-ring (bicyclic) bond motifs is 1. The maximum absolute atomic E-state index is 14.4. The molecule has 2 aromatic carbocycles. The van der Waals surface area contributed by atoms with Gasteiger partial charge in [0.25, 0.3) is 10.0 Å². The van der Waals surface area contributed by atoms with Crippen molar-refractivity contribution in [1.29, 1.82) is 0 Å². The monoisotopic (exact) mass is 661 g/mol. The SMILES string of the molecule is Cc1cc(OCC(=O)[O-])cc(C(C)C)c1S(=O)(=O)n1c(S(=O)Cc2nccc(OCC(F)(F)F)c2C)nc2ccccc21.[Na+]. The third kappa shape index (κ3) is 7.80. The van der Waals surface area contributed by atoms with Crippen molar-refractivity contribution in [1.82, 2.24) is 13.9 Å². The van der Waals surface area contributed by atoms with E-state index in [9.17, 15) is 35.7 Å². The van der Waals surface area contributed by atoms with Crippen LogP contribution in [0.15, 0.2) is 58.7 Å². The molecule has 0 aliphatic heterocycles. The number of nitrogens with zero attached hydrogens (tertiary/aromatic N) is 3. The molecule has 2 heterocycles.